The van der Waals surface area contributed by atoms with Crippen LogP contribution in [0.15, 0.2) is 29.3 Å². The van der Waals surface area contributed by atoms with Gasteiger partial charge in [-0.2, -0.15) is 4.99 Å². The highest BCUT2D eigenvalue weighted by atomic mass is 32.1. The van der Waals surface area contributed by atoms with Gasteiger partial charge in [-0.05, 0) is 61.2 Å². The van der Waals surface area contributed by atoms with Crippen molar-refractivity contribution in [3.8, 4) is 5.75 Å². The second kappa shape index (κ2) is 8.96. The fourth-order valence-corrected chi connectivity index (χ4v) is 3.27. The minimum Gasteiger partial charge on any atom is -0.494 e. The van der Waals surface area contributed by atoms with Gasteiger partial charge in [0.2, 0.25) is 0 Å². The van der Waals surface area contributed by atoms with Crippen molar-refractivity contribution >= 4 is 23.1 Å². The molecule has 0 spiro atoms. The van der Waals surface area contributed by atoms with Gasteiger partial charge in [0.1, 0.15) is 5.75 Å². The van der Waals surface area contributed by atoms with Gasteiger partial charge in [0.05, 0.1) is 17.5 Å². The maximum atomic E-state index is 5.78. The van der Waals surface area contributed by atoms with Crippen molar-refractivity contribution in [2.75, 3.05) is 6.61 Å². The fourth-order valence-electron chi connectivity index (χ4n) is 3.16. The Labute approximate surface area is 133 Å². The van der Waals surface area contributed by atoms with Crippen LogP contribution in [-0.4, -0.2) is 11.8 Å². The first-order valence-corrected chi connectivity index (χ1v) is 8.53. The molecule has 0 N–H and O–H groups in total. The maximum Gasteiger partial charge on any atom is 0.119 e. The lowest BCUT2D eigenvalue weighted by atomic mass is 9.79. The Morgan fingerprint density at radius 3 is 2.43 bits per heavy atom. The minimum absolute atomic E-state index is 0.809. The van der Waals surface area contributed by atoms with Crippen LogP contribution >= 0.6 is 12.2 Å². The highest BCUT2D eigenvalue weighted by Crippen LogP contribution is 2.33. The number of benzene rings is 1. The Kier molecular flexibility index (Phi) is 6.91. The number of hydrogen-bond donors (Lipinski definition) is 0. The zero-order valence-corrected chi connectivity index (χ0v) is 13.7. The van der Waals surface area contributed by atoms with E-state index in [1.54, 1.807) is 0 Å². The molecule has 0 bridgehead atoms. The van der Waals surface area contributed by atoms with Gasteiger partial charge in [-0.15, -0.1) is 0 Å². The SMILES string of the molecule is CCC1CCC(CCCOc2ccc(N=C=S)cc2)CC1. The molecule has 3 heteroatoms. The summed E-state index contributed by atoms with van der Waals surface area (Å²) in [6.07, 6.45) is 9.53. The normalized spacial score (nSPS) is 21.6. The van der Waals surface area contributed by atoms with E-state index in [-0.39, 0.29) is 0 Å². The highest BCUT2D eigenvalue weighted by Gasteiger charge is 2.19. The van der Waals surface area contributed by atoms with Crippen molar-refractivity contribution in [3.63, 3.8) is 0 Å². The van der Waals surface area contributed by atoms with E-state index in [0.717, 1.165) is 36.3 Å². The molecule has 2 rings (SSSR count). The largest absolute Gasteiger partial charge is 0.494 e. The fraction of sp³-hybridized carbons (Fsp3) is 0.611. The lowest BCUT2D eigenvalue weighted by Gasteiger charge is -2.27. The number of ether oxygens (including phenoxy) is 1. The van der Waals surface area contributed by atoms with Gasteiger partial charge in [-0.3, -0.25) is 0 Å². The van der Waals surface area contributed by atoms with Crippen LogP contribution in [0.5, 0.6) is 5.75 Å². The van der Waals surface area contributed by atoms with Crippen LogP contribution in [0, 0.1) is 11.8 Å². The minimum atomic E-state index is 0.809. The van der Waals surface area contributed by atoms with Gasteiger partial charge >= 0.3 is 0 Å². The van der Waals surface area contributed by atoms with Crippen molar-refractivity contribution in [1.29, 1.82) is 0 Å². The Bertz CT molecular complexity index is 457. The third-order valence-corrected chi connectivity index (χ3v) is 4.67. The quantitative estimate of drug-likeness (QED) is 0.361. The number of thiocarbonyl (C=S) groups is 1. The number of nitrogens with zero attached hydrogens (tertiary/aromatic N) is 1. The summed E-state index contributed by atoms with van der Waals surface area (Å²) >= 11 is 4.58. The van der Waals surface area contributed by atoms with E-state index in [1.807, 2.05) is 24.3 Å². The van der Waals surface area contributed by atoms with Crippen LogP contribution < -0.4 is 4.74 Å². The van der Waals surface area contributed by atoms with Gasteiger partial charge < -0.3 is 4.74 Å². The van der Waals surface area contributed by atoms with E-state index in [9.17, 15) is 0 Å². The van der Waals surface area contributed by atoms with Gasteiger partial charge in [0, 0.05) is 0 Å². The standard InChI is InChI=1S/C18H25NOS/c1-2-15-5-7-16(8-6-15)4-3-13-20-18-11-9-17(10-12-18)19-14-21/h9-12,15-16H,2-8,13H2,1H3. The zero-order chi connectivity index (χ0) is 14.9. The molecule has 1 aliphatic rings. The van der Waals surface area contributed by atoms with E-state index < -0.39 is 0 Å². The number of isothiocyanates is 1. The molecule has 1 aromatic carbocycles. The Balaban J connectivity index is 1.62. The molecule has 2 nitrogen and oxygen atoms in total. The van der Waals surface area contributed by atoms with Gasteiger partial charge in [0.15, 0.2) is 0 Å². The van der Waals surface area contributed by atoms with Gasteiger partial charge in [0.25, 0.3) is 0 Å². The van der Waals surface area contributed by atoms with Crippen LogP contribution in [0.3, 0.4) is 0 Å². The zero-order valence-electron chi connectivity index (χ0n) is 12.9. The molecule has 0 heterocycles. The molecule has 21 heavy (non-hydrogen) atoms. The first kappa shape index (κ1) is 16.2. The molecule has 0 aromatic heterocycles. The summed E-state index contributed by atoms with van der Waals surface area (Å²) in [4.78, 5) is 3.93. The smallest absolute Gasteiger partial charge is 0.119 e. The summed E-state index contributed by atoms with van der Waals surface area (Å²) < 4.78 is 5.78. The van der Waals surface area contributed by atoms with Crippen LogP contribution in [0.1, 0.15) is 51.9 Å². The lowest BCUT2D eigenvalue weighted by molar-refractivity contribution is 0.234. The van der Waals surface area contributed by atoms with Crippen molar-refractivity contribution < 1.29 is 4.74 Å². The summed E-state index contributed by atoms with van der Waals surface area (Å²) in [7, 11) is 0. The van der Waals surface area contributed by atoms with E-state index in [1.165, 1.54) is 38.5 Å². The molecule has 1 fully saturated rings. The molecule has 0 saturated heterocycles. The van der Waals surface area contributed by atoms with E-state index in [2.05, 4.69) is 29.3 Å². The number of hydrogen-bond acceptors (Lipinski definition) is 3. The third-order valence-electron chi connectivity index (χ3n) is 4.58. The first-order valence-electron chi connectivity index (χ1n) is 8.12. The Morgan fingerprint density at radius 1 is 1.14 bits per heavy atom. The molecule has 0 aliphatic heterocycles. The molecule has 1 aromatic rings. The van der Waals surface area contributed by atoms with Crippen molar-refractivity contribution in [2.45, 2.75) is 51.9 Å². The maximum absolute atomic E-state index is 5.78. The van der Waals surface area contributed by atoms with E-state index >= 15 is 0 Å². The summed E-state index contributed by atoms with van der Waals surface area (Å²) in [6, 6.07) is 7.69. The van der Waals surface area contributed by atoms with Gasteiger partial charge in [-0.1, -0.05) is 39.0 Å². The van der Waals surface area contributed by atoms with Crippen LogP contribution in [0.2, 0.25) is 0 Å². The van der Waals surface area contributed by atoms with Crippen LogP contribution in [-0.2, 0) is 0 Å². The summed E-state index contributed by atoms with van der Waals surface area (Å²) in [5.74, 6) is 2.83. The van der Waals surface area contributed by atoms with Crippen molar-refractivity contribution in [2.24, 2.45) is 16.8 Å². The molecular weight excluding hydrogens is 278 g/mol. The topological polar surface area (TPSA) is 21.6 Å². The summed E-state index contributed by atoms with van der Waals surface area (Å²) in [5.41, 5.74) is 0.824. The van der Waals surface area contributed by atoms with E-state index in [4.69, 9.17) is 4.74 Å². The monoisotopic (exact) mass is 303 g/mol. The second-order valence-electron chi connectivity index (χ2n) is 5.98. The van der Waals surface area contributed by atoms with Crippen molar-refractivity contribution in [1.82, 2.24) is 0 Å². The van der Waals surface area contributed by atoms with Crippen LogP contribution in [0.4, 0.5) is 5.69 Å². The molecule has 114 valence electrons. The third kappa shape index (κ3) is 5.61. The highest BCUT2D eigenvalue weighted by molar-refractivity contribution is 7.78. The van der Waals surface area contributed by atoms with Crippen molar-refractivity contribution in [3.05, 3.63) is 24.3 Å². The Hall–Kier alpha value is -1.18. The second-order valence-corrected chi connectivity index (χ2v) is 6.17. The van der Waals surface area contributed by atoms with E-state index in [0.29, 0.717) is 0 Å². The molecule has 1 saturated carbocycles. The molecule has 0 atom stereocenters. The average molecular weight is 303 g/mol. The first-order chi connectivity index (χ1) is 10.3. The predicted octanol–water partition coefficient (Wildman–Crippen LogP) is 5.80. The van der Waals surface area contributed by atoms with Gasteiger partial charge in [-0.25, -0.2) is 0 Å². The summed E-state index contributed by atoms with van der Waals surface area (Å²) in [5, 5.41) is 2.37. The molecule has 0 radical (unpaired) electrons. The molecular formula is C18H25NOS. The number of aliphatic imine (C=N–C) groups is 1. The lowest BCUT2D eigenvalue weighted by Crippen LogP contribution is -2.14. The average Bonchev–Trinajstić information content (AvgIpc) is 2.54. The molecule has 1 aliphatic carbocycles. The summed E-state index contributed by atoms with van der Waals surface area (Å²) in [6.45, 7) is 3.13. The van der Waals surface area contributed by atoms with Crippen LogP contribution in [0.25, 0.3) is 0 Å². The molecule has 0 amide bonds. The predicted molar refractivity (Wildman–Crippen MR) is 91.6 cm³/mol. The molecule has 0 unspecified atom stereocenters. The Morgan fingerprint density at radius 2 is 1.81 bits per heavy atom. The number of rotatable bonds is 7.